The molecule has 1 aliphatic rings. The van der Waals surface area contributed by atoms with Gasteiger partial charge in [0, 0.05) is 12.0 Å². The zero-order valence-corrected chi connectivity index (χ0v) is 14.0. The van der Waals surface area contributed by atoms with Crippen LogP contribution in [0, 0.1) is 5.82 Å². The van der Waals surface area contributed by atoms with Gasteiger partial charge in [0.15, 0.2) is 11.5 Å². The van der Waals surface area contributed by atoms with E-state index in [9.17, 15) is 14.0 Å². The van der Waals surface area contributed by atoms with Gasteiger partial charge in [0.25, 0.3) is 0 Å². The number of hydrogen-bond acceptors (Lipinski definition) is 4. The summed E-state index contributed by atoms with van der Waals surface area (Å²) >= 11 is 0. The molecule has 0 bridgehead atoms. The van der Waals surface area contributed by atoms with Crippen molar-refractivity contribution in [1.82, 2.24) is 4.98 Å². The van der Waals surface area contributed by atoms with Gasteiger partial charge in [0.1, 0.15) is 5.82 Å². The van der Waals surface area contributed by atoms with Gasteiger partial charge in [-0.25, -0.2) is 9.18 Å². The monoisotopic (exact) mass is 343 g/mol. The second kappa shape index (κ2) is 6.63. The first-order valence-corrected chi connectivity index (χ1v) is 8.15. The van der Waals surface area contributed by atoms with Crippen LogP contribution >= 0.6 is 0 Å². The number of carbonyl (C=O) groups is 2. The van der Waals surface area contributed by atoms with Crippen LogP contribution in [0.3, 0.4) is 0 Å². The number of Topliss-reactive ketones (excluding diaryl/α,β-unsaturated/α-hetero) is 1. The minimum Gasteiger partial charge on any atom is -0.449 e. The van der Waals surface area contributed by atoms with Crippen LogP contribution in [0.15, 0.2) is 24.3 Å². The summed E-state index contributed by atoms with van der Waals surface area (Å²) in [6.07, 6.45) is 0.243. The Hall–Kier alpha value is -2.76. The normalized spacial score (nSPS) is 13.7. The maximum absolute atomic E-state index is 13.3. The third-order valence-corrected chi connectivity index (χ3v) is 4.22. The standard InChI is InChI=1S/C19H18FNO4/c1-10(2)17-18(25-19(23)24)15(11-6-8-12(20)9-7-11)16-13(21-17)4-3-5-14(16)22/h6-10H,3-5H2,1-2H3,(H,23,24). The molecule has 1 heterocycles. The quantitative estimate of drug-likeness (QED) is 0.825. The van der Waals surface area contributed by atoms with Crippen LogP contribution in [-0.2, 0) is 6.42 Å². The lowest BCUT2D eigenvalue weighted by atomic mass is 9.86. The number of fused-ring (bicyclic) bond motifs is 1. The van der Waals surface area contributed by atoms with Crippen LogP contribution in [-0.4, -0.2) is 22.0 Å². The Morgan fingerprint density at radius 2 is 1.88 bits per heavy atom. The summed E-state index contributed by atoms with van der Waals surface area (Å²) in [5.41, 5.74) is 2.44. The number of rotatable bonds is 3. The number of benzene rings is 1. The Bertz CT molecular complexity index is 843. The molecule has 0 unspecified atom stereocenters. The van der Waals surface area contributed by atoms with Gasteiger partial charge in [-0.15, -0.1) is 0 Å². The first-order chi connectivity index (χ1) is 11.9. The van der Waals surface area contributed by atoms with Crippen LogP contribution in [0.4, 0.5) is 9.18 Å². The summed E-state index contributed by atoms with van der Waals surface area (Å²) in [6.45, 7) is 3.76. The van der Waals surface area contributed by atoms with E-state index in [1.54, 1.807) is 0 Å². The average molecular weight is 343 g/mol. The molecular formula is C19H18FNO4. The van der Waals surface area contributed by atoms with Gasteiger partial charge >= 0.3 is 6.16 Å². The van der Waals surface area contributed by atoms with Crippen LogP contribution in [0.25, 0.3) is 11.1 Å². The van der Waals surface area contributed by atoms with E-state index in [1.807, 2.05) is 13.8 Å². The predicted octanol–water partition coefficient (Wildman–Crippen LogP) is 4.59. The fourth-order valence-electron chi connectivity index (χ4n) is 3.13. The molecule has 5 nitrogen and oxygen atoms in total. The predicted molar refractivity (Wildman–Crippen MR) is 89.6 cm³/mol. The number of aromatic nitrogens is 1. The van der Waals surface area contributed by atoms with E-state index in [4.69, 9.17) is 9.84 Å². The second-order valence-electron chi connectivity index (χ2n) is 6.33. The van der Waals surface area contributed by atoms with Gasteiger partial charge in [-0.3, -0.25) is 9.78 Å². The molecule has 0 saturated carbocycles. The van der Waals surface area contributed by atoms with Crippen molar-refractivity contribution in [3.05, 3.63) is 47.0 Å². The average Bonchev–Trinajstić information content (AvgIpc) is 2.55. The van der Waals surface area contributed by atoms with Gasteiger partial charge < -0.3 is 9.84 Å². The highest BCUT2D eigenvalue weighted by atomic mass is 19.1. The van der Waals surface area contributed by atoms with Crippen LogP contribution < -0.4 is 4.74 Å². The van der Waals surface area contributed by atoms with Crippen molar-refractivity contribution < 1.29 is 23.8 Å². The summed E-state index contributed by atoms with van der Waals surface area (Å²) < 4.78 is 18.4. The molecule has 0 saturated heterocycles. The Morgan fingerprint density at radius 1 is 1.20 bits per heavy atom. The number of aryl methyl sites for hydroxylation is 1. The van der Waals surface area contributed by atoms with Crippen molar-refractivity contribution in [3.8, 4) is 16.9 Å². The number of pyridine rings is 1. The summed E-state index contributed by atoms with van der Waals surface area (Å²) in [5.74, 6) is -0.555. The van der Waals surface area contributed by atoms with Crippen molar-refractivity contribution in [2.45, 2.75) is 39.0 Å². The van der Waals surface area contributed by atoms with E-state index in [-0.39, 0.29) is 17.5 Å². The minimum atomic E-state index is -1.48. The van der Waals surface area contributed by atoms with Crippen molar-refractivity contribution in [2.24, 2.45) is 0 Å². The van der Waals surface area contributed by atoms with Crippen LogP contribution in [0.2, 0.25) is 0 Å². The molecule has 25 heavy (non-hydrogen) atoms. The van der Waals surface area contributed by atoms with Crippen LogP contribution in [0.5, 0.6) is 5.75 Å². The Morgan fingerprint density at radius 3 is 2.48 bits per heavy atom. The molecule has 1 aliphatic carbocycles. The fourth-order valence-corrected chi connectivity index (χ4v) is 3.13. The van der Waals surface area contributed by atoms with E-state index in [2.05, 4.69) is 4.98 Å². The van der Waals surface area contributed by atoms with E-state index in [0.717, 1.165) is 0 Å². The van der Waals surface area contributed by atoms with Gasteiger partial charge in [-0.05, 0) is 36.5 Å². The number of carboxylic acid groups (broad SMARTS) is 1. The lowest BCUT2D eigenvalue weighted by Gasteiger charge is -2.23. The fraction of sp³-hybridized carbons (Fsp3) is 0.316. The van der Waals surface area contributed by atoms with Crippen molar-refractivity contribution in [3.63, 3.8) is 0 Å². The van der Waals surface area contributed by atoms with Crippen molar-refractivity contribution in [2.75, 3.05) is 0 Å². The molecule has 0 aliphatic heterocycles. The number of carbonyl (C=O) groups excluding carboxylic acids is 1. The summed E-state index contributed by atoms with van der Waals surface area (Å²) in [6, 6.07) is 5.58. The molecular weight excluding hydrogens is 325 g/mol. The van der Waals surface area contributed by atoms with E-state index in [0.29, 0.717) is 47.3 Å². The number of ether oxygens (including phenoxy) is 1. The smallest absolute Gasteiger partial charge is 0.449 e. The molecule has 0 fully saturated rings. The second-order valence-corrected chi connectivity index (χ2v) is 6.33. The topological polar surface area (TPSA) is 76.5 Å². The molecule has 2 aromatic rings. The van der Waals surface area contributed by atoms with Gasteiger partial charge in [0.05, 0.1) is 17.0 Å². The first-order valence-electron chi connectivity index (χ1n) is 8.15. The Kier molecular flexibility index (Phi) is 4.53. The molecule has 0 spiro atoms. The van der Waals surface area contributed by atoms with Gasteiger partial charge in [-0.1, -0.05) is 26.0 Å². The highest BCUT2D eigenvalue weighted by Gasteiger charge is 2.30. The molecule has 1 aromatic heterocycles. The molecule has 0 amide bonds. The zero-order chi connectivity index (χ0) is 18.1. The third-order valence-electron chi connectivity index (χ3n) is 4.22. The molecule has 1 aromatic carbocycles. The van der Waals surface area contributed by atoms with Crippen molar-refractivity contribution >= 4 is 11.9 Å². The van der Waals surface area contributed by atoms with Crippen molar-refractivity contribution in [1.29, 1.82) is 0 Å². The van der Waals surface area contributed by atoms with E-state index in [1.165, 1.54) is 24.3 Å². The highest BCUT2D eigenvalue weighted by Crippen LogP contribution is 2.42. The van der Waals surface area contributed by atoms with Crippen LogP contribution in [0.1, 0.15) is 54.4 Å². The Balaban J connectivity index is 2.37. The number of hydrogen-bond donors (Lipinski definition) is 1. The third kappa shape index (κ3) is 3.24. The lowest BCUT2D eigenvalue weighted by molar-refractivity contribution is 0.0970. The minimum absolute atomic E-state index is 0.0584. The molecule has 0 radical (unpaired) electrons. The Labute approximate surface area is 144 Å². The molecule has 6 heteroatoms. The molecule has 3 rings (SSSR count). The molecule has 0 atom stereocenters. The highest BCUT2D eigenvalue weighted by molar-refractivity contribution is 6.05. The first kappa shape index (κ1) is 17.1. The van der Waals surface area contributed by atoms with E-state index >= 15 is 0 Å². The number of nitrogens with zero attached hydrogens (tertiary/aromatic N) is 1. The summed E-state index contributed by atoms with van der Waals surface area (Å²) in [4.78, 5) is 28.3. The SMILES string of the molecule is CC(C)c1nc2c(c(-c3ccc(F)cc3)c1OC(=O)O)C(=O)CCC2. The lowest BCUT2D eigenvalue weighted by Crippen LogP contribution is -2.19. The van der Waals surface area contributed by atoms with E-state index < -0.39 is 12.0 Å². The number of halogens is 1. The summed E-state index contributed by atoms with van der Waals surface area (Å²) in [7, 11) is 0. The maximum Gasteiger partial charge on any atom is 0.511 e. The molecule has 1 N–H and O–H groups in total. The van der Waals surface area contributed by atoms with Gasteiger partial charge in [-0.2, -0.15) is 0 Å². The number of ketones is 1. The largest absolute Gasteiger partial charge is 0.511 e. The van der Waals surface area contributed by atoms with Gasteiger partial charge in [0.2, 0.25) is 0 Å². The summed E-state index contributed by atoms with van der Waals surface area (Å²) in [5, 5.41) is 9.16. The molecule has 130 valence electrons. The zero-order valence-electron chi connectivity index (χ0n) is 14.0. The maximum atomic E-state index is 13.3.